The van der Waals surface area contributed by atoms with Gasteiger partial charge in [-0.15, -0.1) is 0 Å². The highest BCUT2D eigenvalue weighted by atomic mass is 16.6. The van der Waals surface area contributed by atoms with Crippen LogP contribution in [0.25, 0.3) is 10.9 Å². The van der Waals surface area contributed by atoms with Crippen LogP contribution in [0.5, 0.6) is 23.1 Å². The summed E-state index contributed by atoms with van der Waals surface area (Å²) in [6, 6.07) is 7.14. The van der Waals surface area contributed by atoms with Crippen molar-refractivity contribution in [2.24, 2.45) is 0 Å². The Morgan fingerprint density at radius 1 is 1.06 bits per heavy atom. The van der Waals surface area contributed by atoms with E-state index in [2.05, 4.69) is 19.9 Å². The molecule has 4 rings (SSSR count). The third-order valence-corrected chi connectivity index (χ3v) is 5.51. The van der Waals surface area contributed by atoms with Gasteiger partial charge in [-0.3, -0.25) is 14.7 Å². The Labute approximate surface area is 205 Å². The number of pyridine rings is 1. The summed E-state index contributed by atoms with van der Waals surface area (Å²) in [6.45, 7) is 9.22. The number of hydrogen-bond acceptors (Lipinski definition) is 9. The van der Waals surface area contributed by atoms with Crippen LogP contribution in [0.2, 0.25) is 0 Å². The monoisotopic (exact) mass is 480 g/mol. The number of methoxy groups -OCH3 is 1. The van der Waals surface area contributed by atoms with Crippen molar-refractivity contribution in [2.45, 2.75) is 45.6 Å². The van der Waals surface area contributed by atoms with Crippen molar-refractivity contribution in [3.05, 3.63) is 42.5 Å². The fraction of sp³-hybridized carbons (Fsp3) is 0.462. The summed E-state index contributed by atoms with van der Waals surface area (Å²) >= 11 is 0. The molecule has 0 unspecified atom stereocenters. The number of carbonyl (C=O) groups excluding carboxylic acids is 1. The fourth-order valence-corrected chi connectivity index (χ4v) is 3.90. The van der Waals surface area contributed by atoms with Crippen LogP contribution in [-0.4, -0.2) is 64.8 Å². The molecule has 0 saturated carbocycles. The highest BCUT2D eigenvalue weighted by Crippen LogP contribution is 2.36. The lowest BCUT2D eigenvalue weighted by Gasteiger charge is -2.19. The van der Waals surface area contributed by atoms with E-state index >= 15 is 0 Å². The maximum absolute atomic E-state index is 12.0. The van der Waals surface area contributed by atoms with Gasteiger partial charge in [0.25, 0.3) is 0 Å². The van der Waals surface area contributed by atoms with Gasteiger partial charge >= 0.3 is 5.97 Å². The van der Waals surface area contributed by atoms with Crippen molar-refractivity contribution >= 4 is 16.9 Å². The van der Waals surface area contributed by atoms with Crippen LogP contribution >= 0.6 is 0 Å². The van der Waals surface area contributed by atoms with Gasteiger partial charge in [0.2, 0.25) is 5.88 Å². The molecule has 35 heavy (non-hydrogen) atoms. The summed E-state index contributed by atoms with van der Waals surface area (Å²) in [4.78, 5) is 27.4. The SMILES string of the molecule is COc1cc2c(Oc3ccc(CC(=O)OC(C)(C)C)nc3)ncnc2cc1OCCN1CCCC1. The Balaban J connectivity index is 1.45. The number of likely N-dealkylation sites (tertiary alicyclic amines) is 1. The summed E-state index contributed by atoms with van der Waals surface area (Å²) < 4.78 is 22.9. The Bertz CT molecular complexity index is 1150. The Morgan fingerprint density at radius 2 is 1.86 bits per heavy atom. The topological polar surface area (TPSA) is 95.9 Å². The van der Waals surface area contributed by atoms with Crippen molar-refractivity contribution in [3.8, 4) is 23.1 Å². The van der Waals surface area contributed by atoms with E-state index in [4.69, 9.17) is 18.9 Å². The minimum atomic E-state index is -0.534. The second-order valence-corrected chi connectivity index (χ2v) is 9.45. The molecule has 1 aliphatic heterocycles. The largest absolute Gasteiger partial charge is 0.493 e. The Morgan fingerprint density at radius 3 is 2.54 bits per heavy atom. The minimum absolute atomic E-state index is 0.0890. The number of carbonyl (C=O) groups is 1. The smallest absolute Gasteiger partial charge is 0.312 e. The van der Waals surface area contributed by atoms with Gasteiger partial charge in [-0.2, -0.15) is 0 Å². The molecular weight excluding hydrogens is 448 g/mol. The molecule has 3 aromatic rings. The van der Waals surface area contributed by atoms with Crippen LogP contribution in [-0.2, 0) is 16.0 Å². The lowest BCUT2D eigenvalue weighted by atomic mass is 10.2. The van der Waals surface area contributed by atoms with E-state index < -0.39 is 5.60 Å². The molecule has 0 atom stereocenters. The molecule has 0 radical (unpaired) electrons. The van der Waals surface area contributed by atoms with E-state index in [9.17, 15) is 4.79 Å². The summed E-state index contributed by atoms with van der Waals surface area (Å²) in [6.07, 6.45) is 5.59. The quantitative estimate of drug-likeness (QED) is 0.418. The van der Waals surface area contributed by atoms with Crippen molar-refractivity contribution in [2.75, 3.05) is 33.4 Å². The maximum atomic E-state index is 12.0. The van der Waals surface area contributed by atoms with E-state index in [-0.39, 0.29) is 12.4 Å². The maximum Gasteiger partial charge on any atom is 0.312 e. The van der Waals surface area contributed by atoms with Gasteiger partial charge in [0.05, 0.1) is 36.3 Å². The molecular formula is C26H32N4O5. The number of ether oxygens (including phenoxy) is 4. The normalized spacial score (nSPS) is 14.2. The lowest BCUT2D eigenvalue weighted by molar-refractivity contribution is -0.154. The van der Waals surface area contributed by atoms with Gasteiger partial charge in [0.1, 0.15) is 24.3 Å². The zero-order chi connectivity index (χ0) is 24.8. The number of aromatic nitrogens is 3. The van der Waals surface area contributed by atoms with Crippen LogP contribution in [0.15, 0.2) is 36.8 Å². The molecule has 9 heteroatoms. The summed E-state index contributed by atoms with van der Waals surface area (Å²) in [5.74, 6) is 1.76. The minimum Gasteiger partial charge on any atom is -0.493 e. The fourth-order valence-electron chi connectivity index (χ4n) is 3.90. The summed E-state index contributed by atoms with van der Waals surface area (Å²) in [7, 11) is 1.60. The van der Waals surface area contributed by atoms with Crippen LogP contribution < -0.4 is 14.2 Å². The van der Waals surface area contributed by atoms with Crippen LogP contribution in [0, 0.1) is 0 Å². The molecule has 1 aliphatic rings. The summed E-state index contributed by atoms with van der Waals surface area (Å²) in [5, 5.41) is 0.689. The molecule has 3 heterocycles. The van der Waals surface area contributed by atoms with Gasteiger partial charge in [-0.05, 0) is 64.9 Å². The second-order valence-electron chi connectivity index (χ2n) is 9.45. The van der Waals surface area contributed by atoms with Gasteiger partial charge in [-0.25, -0.2) is 9.97 Å². The highest BCUT2D eigenvalue weighted by molar-refractivity contribution is 5.87. The molecule has 1 aromatic carbocycles. The Hall–Kier alpha value is -3.46. The third-order valence-electron chi connectivity index (χ3n) is 5.51. The first-order valence-electron chi connectivity index (χ1n) is 11.8. The number of hydrogen-bond donors (Lipinski definition) is 0. The first kappa shape index (κ1) is 24.7. The van der Waals surface area contributed by atoms with Crippen molar-refractivity contribution in [3.63, 3.8) is 0 Å². The van der Waals surface area contributed by atoms with Gasteiger partial charge in [-0.1, -0.05) is 0 Å². The van der Waals surface area contributed by atoms with Crippen LogP contribution in [0.4, 0.5) is 0 Å². The van der Waals surface area contributed by atoms with Gasteiger partial charge in [0, 0.05) is 12.6 Å². The van der Waals surface area contributed by atoms with Crippen LogP contribution in [0.3, 0.4) is 0 Å². The van der Waals surface area contributed by atoms with E-state index in [0.717, 1.165) is 19.6 Å². The second kappa shape index (κ2) is 10.9. The highest BCUT2D eigenvalue weighted by Gasteiger charge is 2.18. The number of esters is 1. The van der Waals surface area contributed by atoms with Gasteiger partial charge < -0.3 is 18.9 Å². The van der Waals surface area contributed by atoms with Crippen molar-refractivity contribution in [1.29, 1.82) is 0 Å². The molecule has 0 amide bonds. The average Bonchev–Trinajstić information content (AvgIpc) is 3.32. The number of rotatable bonds is 9. The average molecular weight is 481 g/mol. The molecule has 1 saturated heterocycles. The first-order chi connectivity index (χ1) is 16.8. The lowest BCUT2D eigenvalue weighted by Crippen LogP contribution is -2.25. The molecule has 0 bridgehead atoms. The predicted octanol–water partition coefficient (Wildman–Crippen LogP) is 4.18. The van der Waals surface area contributed by atoms with E-state index in [1.807, 2.05) is 32.9 Å². The third kappa shape index (κ3) is 6.79. The zero-order valence-electron chi connectivity index (χ0n) is 20.7. The van der Waals surface area contributed by atoms with Crippen molar-refractivity contribution < 1.29 is 23.7 Å². The number of fused-ring (bicyclic) bond motifs is 1. The molecule has 0 aliphatic carbocycles. The zero-order valence-corrected chi connectivity index (χ0v) is 20.7. The summed E-state index contributed by atoms with van der Waals surface area (Å²) in [5.41, 5.74) is 0.742. The Kier molecular flexibility index (Phi) is 7.65. The molecule has 0 N–H and O–H groups in total. The molecule has 186 valence electrons. The molecule has 1 fully saturated rings. The van der Waals surface area contributed by atoms with Crippen molar-refractivity contribution in [1.82, 2.24) is 19.9 Å². The molecule has 0 spiro atoms. The molecule has 9 nitrogen and oxygen atoms in total. The van der Waals surface area contributed by atoms with E-state index in [1.165, 1.54) is 19.2 Å². The first-order valence-corrected chi connectivity index (χ1v) is 11.8. The van der Waals surface area contributed by atoms with Crippen LogP contribution in [0.1, 0.15) is 39.3 Å². The molecule has 2 aromatic heterocycles. The number of nitrogens with zero attached hydrogens (tertiary/aromatic N) is 4. The van der Waals surface area contributed by atoms with Gasteiger partial charge in [0.15, 0.2) is 11.5 Å². The van der Waals surface area contributed by atoms with E-state index in [1.54, 1.807) is 25.4 Å². The van der Waals surface area contributed by atoms with E-state index in [0.29, 0.717) is 46.3 Å². The standard InChI is InChI=1S/C26H32N4O5/c1-26(2,3)35-24(31)13-18-7-8-19(16-27-18)34-25-20-14-22(32-4)23(15-21(20)28-17-29-25)33-12-11-30-9-5-6-10-30/h7-8,14-17H,5-6,9-13H2,1-4H3. The predicted molar refractivity (Wildman–Crippen MR) is 131 cm³/mol. The number of benzene rings is 1.